The number of hydrogen-bond acceptors (Lipinski definition) is 5. The van der Waals surface area contributed by atoms with Crippen LogP contribution in [0.25, 0.3) is 0 Å². The number of primary amides is 1. The van der Waals surface area contributed by atoms with E-state index in [4.69, 9.17) is 10.5 Å². The summed E-state index contributed by atoms with van der Waals surface area (Å²) in [4.78, 5) is 21.5. The standard InChI is InChI=1S/C11H15N3O5S/c1-7(15)14-9-4-3-8(5-10(9)19-2)20(17,18)13-6-11(12)16/h3-5,13H,6H2,1-2H3,(H2,12,16)(H,14,15). The normalized spacial score (nSPS) is 10.9. The highest BCUT2D eigenvalue weighted by molar-refractivity contribution is 7.89. The highest BCUT2D eigenvalue weighted by atomic mass is 32.2. The Morgan fingerprint density at radius 2 is 2.00 bits per heavy atom. The predicted molar refractivity (Wildman–Crippen MR) is 71.7 cm³/mol. The maximum atomic E-state index is 11.9. The van der Waals surface area contributed by atoms with Gasteiger partial charge in [0, 0.05) is 13.0 Å². The van der Waals surface area contributed by atoms with Gasteiger partial charge in [-0.3, -0.25) is 9.59 Å². The number of hydrogen-bond donors (Lipinski definition) is 3. The number of carbonyl (C=O) groups is 2. The molecule has 9 heteroatoms. The zero-order valence-corrected chi connectivity index (χ0v) is 11.8. The van der Waals surface area contributed by atoms with Crippen LogP contribution in [0.3, 0.4) is 0 Å². The molecule has 0 heterocycles. The van der Waals surface area contributed by atoms with E-state index in [1.54, 1.807) is 0 Å². The van der Waals surface area contributed by atoms with Crippen molar-refractivity contribution < 1.29 is 22.7 Å². The quantitative estimate of drug-likeness (QED) is 0.647. The molecule has 4 N–H and O–H groups in total. The van der Waals surface area contributed by atoms with Gasteiger partial charge in [0.1, 0.15) is 5.75 Å². The van der Waals surface area contributed by atoms with Gasteiger partial charge in [0.05, 0.1) is 24.2 Å². The first-order valence-electron chi connectivity index (χ1n) is 5.50. The Bertz CT molecular complexity index is 627. The molecular weight excluding hydrogens is 286 g/mol. The van der Waals surface area contributed by atoms with Crippen molar-refractivity contribution in [2.75, 3.05) is 19.0 Å². The van der Waals surface area contributed by atoms with Gasteiger partial charge in [-0.2, -0.15) is 0 Å². The number of rotatable bonds is 6. The van der Waals surface area contributed by atoms with Crippen LogP contribution in [0.1, 0.15) is 6.92 Å². The first-order valence-corrected chi connectivity index (χ1v) is 6.98. The van der Waals surface area contributed by atoms with Crippen molar-refractivity contribution in [2.24, 2.45) is 5.73 Å². The Balaban J connectivity index is 3.08. The number of ether oxygens (including phenoxy) is 1. The Hall–Kier alpha value is -2.13. The summed E-state index contributed by atoms with van der Waals surface area (Å²) in [5, 5.41) is 2.50. The SMILES string of the molecule is COc1cc(S(=O)(=O)NCC(N)=O)ccc1NC(C)=O. The van der Waals surface area contributed by atoms with E-state index < -0.39 is 22.5 Å². The maximum Gasteiger partial charge on any atom is 0.241 e. The molecule has 0 spiro atoms. The molecule has 0 saturated carbocycles. The van der Waals surface area contributed by atoms with Gasteiger partial charge in [-0.25, -0.2) is 13.1 Å². The average Bonchev–Trinajstić information content (AvgIpc) is 2.36. The van der Waals surface area contributed by atoms with Gasteiger partial charge in [0.2, 0.25) is 21.8 Å². The maximum absolute atomic E-state index is 11.9. The van der Waals surface area contributed by atoms with Crippen molar-refractivity contribution in [3.05, 3.63) is 18.2 Å². The molecule has 0 bridgehead atoms. The van der Waals surface area contributed by atoms with Crippen LogP contribution in [0.4, 0.5) is 5.69 Å². The van der Waals surface area contributed by atoms with Gasteiger partial charge in [-0.1, -0.05) is 0 Å². The van der Waals surface area contributed by atoms with E-state index in [0.29, 0.717) is 5.69 Å². The van der Waals surface area contributed by atoms with Crippen LogP contribution < -0.4 is 20.5 Å². The highest BCUT2D eigenvalue weighted by Crippen LogP contribution is 2.27. The van der Waals surface area contributed by atoms with E-state index in [2.05, 4.69) is 5.32 Å². The van der Waals surface area contributed by atoms with Gasteiger partial charge in [-0.15, -0.1) is 0 Å². The van der Waals surface area contributed by atoms with Crippen molar-refractivity contribution in [1.29, 1.82) is 0 Å². The first-order chi connectivity index (χ1) is 9.26. The fourth-order valence-corrected chi connectivity index (χ4v) is 2.39. The predicted octanol–water partition coefficient (Wildman–Crippen LogP) is -0.583. The zero-order chi connectivity index (χ0) is 15.3. The van der Waals surface area contributed by atoms with Gasteiger partial charge in [-0.05, 0) is 12.1 Å². The lowest BCUT2D eigenvalue weighted by atomic mass is 10.3. The van der Waals surface area contributed by atoms with Crippen molar-refractivity contribution in [2.45, 2.75) is 11.8 Å². The molecule has 110 valence electrons. The third-order valence-electron chi connectivity index (χ3n) is 2.23. The molecule has 20 heavy (non-hydrogen) atoms. The molecule has 1 rings (SSSR count). The molecule has 0 saturated heterocycles. The highest BCUT2D eigenvalue weighted by Gasteiger charge is 2.17. The van der Waals surface area contributed by atoms with Crippen molar-refractivity contribution in [3.63, 3.8) is 0 Å². The van der Waals surface area contributed by atoms with Gasteiger partial charge < -0.3 is 15.8 Å². The molecular formula is C11H15N3O5S. The fourth-order valence-electron chi connectivity index (χ4n) is 1.38. The molecule has 0 aliphatic heterocycles. The number of carbonyl (C=O) groups excluding carboxylic acids is 2. The van der Waals surface area contributed by atoms with Gasteiger partial charge in [0.25, 0.3) is 0 Å². The second-order valence-corrected chi connectivity index (χ2v) is 5.60. The minimum Gasteiger partial charge on any atom is -0.495 e. The van der Waals surface area contributed by atoms with Crippen LogP contribution in [0.2, 0.25) is 0 Å². The summed E-state index contributed by atoms with van der Waals surface area (Å²) in [7, 11) is -2.54. The van der Waals surface area contributed by atoms with Crippen LogP contribution in [-0.4, -0.2) is 33.9 Å². The summed E-state index contributed by atoms with van der Waals surface area (Å²) in [5.74, 6) is -0.927. The molecule has 1 aromatic rings. The van der Waals surface area contributed by atoms with E-state index in [1.807, 2.05) is 4.72 Å². The number of benzene rings is 1. The van der Waals surface area contributed by atoms with E-state index in [-0.39, 0.29) is 16.6 Å². The summed E-state index contributed by atoms with van der Waals surface area (Å²) >= 11 is 0. The Morgan fingerprint density at radius 1 is 1.35 bits per heavy atom. The van der Waals surface area contributed by atoms with Gasteiger partial charge >= 0.3 is 0 Å². The number of nitrogens with two attached hydrogens (primary N) is 1. The topological polar surface area (TPSA) is 128 Å². The van der Waals surface area contributed by atoms with E-state index in [1.165, 1.54) is 32.2 Å². The monoisotopic (exact) mass is 301 g/mol. The zero-order valence-electron chi connectivity index (χ0n) is 11.0. The van der Waals surface area contributed by atoms with E-state index in [9.17, 15) is 18.0 Å². The number of amides is 2. The molecule has 2 amide bonds. The van der Waals surface area contributed by atoms with E-state index in [0.717, 1.165) is 0 Å². The molecule has 0 aromatic heterocycles. The number of nitrogens with one attached hydrogen (secondary N) is 2. The smallest absolute Gasteiger partial charge is 0.241 e. The minimum atomic E-state index is -3.88. The molecule has 0 unspecified atom stereocenters. The second kappa shape index (κ2) is 6.35. The molecule has 0 radical (unpaired) electrons. The van der Waals surface area contributed by atoms with Crippen molar-refractivity contribution in [3.8, 4) is 5.75 Å². The second-order valence-electron chi connectivity index (χ2n) is 3.83. The molecule has 0 fully saturated rings. The lowest BCUT2D eigenvalue weighted by Crippen LogP contribution is -2.33. The van der Waals surface area contributed by atoms with Crippen molar-refractivity contribution in [1.82, 2.24) is 4.72 Å². The summed E-state index contributed by atoms with van der Waals surface area (Å²) < 4.78 is 30.8. The van der Waals surface area contributed by atoms with Crippen LogP contribution in [-0.2, 0) is 19.6 Å². The van der Waals surface area contributed by atoms with Crippen LogP contribution in [0, 0.1) is 0 Å². The Labute approximate surface area is 116 Å². The molecule has 0 aliphatic rings. The number of sulfonamides is 1. The first kappa shape index (κ1) is 15.9. The summed E-state index contributed by atoms with van der Waals surface area (Å²) in [6.45, 7) is 0.816. The third-order valence-corrected chi connectivity index (χ3v) is 3.63. The Kier molecular flexibility index (Phi) is 5.06. The summed E-state index contributed by atoms with van der Waals surface area (Å²) in [5.41, 5.74) is 5.22. The lowest BCUT2D eigenvalue weighted by molar-refractivity contribution is -0.117. The number of methoxy groups -OCH3 is 1. The molecule has 0 aliphatic carbocycles. The Morgan fingerprint density at radius 3 is 2.50 bits per heavy atom. The van der Waals surface area contributed by atoms with Gasteiger partial charge in [0.15, 0.2) is 0 Å². The minimum absolute atomic E-state index is 0.107. The fraction of sp³-hybridized carbons (Fsp3) is 0.273. The average molecular weight is 301 g/mol. The van der Waals surface area contributed by atoms with Crippen LogP contribution in [0.5, 0.6) is 5.75 Å². The van der Waals surface area contributed by atoms with Crippen LogP contribution >= 0.6 is 0 Å². The summed E-state index contributed by atoms with van der Waals surface area (Å²) in [6.07, 6.45) is 0. The molecule has 0 atom stereocenters. The molecule has 8 nitrogen and oxygen atoms in total. The lowest BCUT2D eigenvalue weighted by Gasteiger charge is -2.11. The third kappa shape index (κ3) is 4.21. The van der Waals surface area contributed by atoms with Crippen molar-refractivity contribution >= 4 is 27.5 Å². The summed E-state index contributed by atoms with van der Waals surface area (Å²) in [6, 6.07) is 3.89. The molecule has 1 aromatic carbocycles. The number of anilines is 1. The largest absolute Gasteiger partial charge is 0.495 e. The van der Waals surface area contributed by atoms with Crippen LogP contribution in [0.15, 0.2) is 23.1 Å². The van der Waals surface area contributed by atoms with E-state index >= 15 is 0 Å².